The van der Waals surface area contributed by atoms with Gasteiger partial charge in [-0.05, 0) is 42.9 Å². The van der Waals surface area contributed by atoms with Gasteiger partial charge in [0, 0.05) is 26.6 Å². The number of ether oxygens (including phenoxy) is 1. The van der Waals surface area contributed by atoms with Crippen LogP contribution in [0.1, 0.15) is 43.4 Å². The van der Waals surface area contributed by atoms with Crippen LogP contribution in [0.15, 0.2) is 48.5 Å². The van der Waals surface area contributed by atoms with Gasteiger partial charge in [-0.15, -0.1) is 0 Å². The van der Waals surface area contributed by atoms with Crippen LogP contribution in [0, 0.1) is 12.8 Å². The highest BCUT2D eigenvalue weighted by atomic mass is 16.5. The van der Waals surface area contributed by atoms with E-state index in [1.165, 1.54) is 11.9 Å². The number of amides is 3. The smallest absolute Gasteiger partial charge is 0.245 e. The Kier molecular flexibility index (Phi) is 12.0. The molecular formula is C31H44N4O5. The lowest BCUT2D eigenvalue weighted by atomic mass is 9.97. The number of benzene rings is 2. The summed E-state index contributed by atoms with van der Waals surface area (Å²) >= 11 is 0. The highest BCUT2D eigenvalue weighted by Crippen LogP contribution is 2.20. The van der Waals surface area contributed by atoms with E-state index >= 15 is 0 Å². The molecule has 4 atom stereocenters. The second kappa shape index (κ2) is 15.4. The summed E-state index contributed by atoms with van der Waals surface area (Å²) < 4.78 is 6.05. The number of nitrogens with zero attached hydrogens (tertiary/aromatic N) is 1. The van der Waals surface area contributed by atoms with E-state index in [0.29, 0.717) is 32.5 Å². The molecule has 0 radical (unpaired) electrons. The second-order valence-electron chi connectivity index (χ2n) is 10.6. The van der Waals surface area contributed by atoms with Gasteiger partial charge in [-0.25, -0.2) is 0 Å². The van der Waals surface area contributed by atoms with E-state index in [-0.39, 0.29) is 24.2 Å². The van der Waals surface area contributed by atoms with Crippen molar-refractivity contribution in [1.82, 2.24) is 20.9 Å². The van der Waals surface area contributed by atoms with Crippen LogP contribution in [0.25, 0.3) is 0 Å². The highest BCUT2D eigenvalue weighted by Gasteiger charge is 2.34. The van der Waals surface area contributed by atoms with Crippen molar-refractivity contribution in [2.45, 2.75) is 64.6 Å². The van der Waals surface area contributed by atoms with E-state index in [2.05, 4.69) is 16.0 Å². The van der Waals surface area contributed by atoms with Crippen molar-refractivity contribution >= 4 is 17.7 Å². The van der Waals surface area contributed by atoms with Gasteiger partial charge in [0.15, 0.2) is 0 Å². The molecule has 0 aliphatic carbocycles. The molecular weight excluding hydrogens is 508 g/mol. The molecule has 9 nitrogen and oxygen atoms in total. The fraction of sp³-hybridized carbons (Fsp3) is 0.516. The first-order chi connectivity index (χ1) is 19.2. The Balaban J connectivity index is 1.89. The summed E-state index contributed by atoms with van der Waals surface area (Å²) in [4.78, 5) is 41.5. The molecule has 2 aromatic rings. The molecule has 1 heterocycles. The average Bonchev–Trinajstić information content (AvgIpc) is 2.95. The average molecular weight is 553 g/mol. The third-order valence-corrected chi connectivity index (χ3v) is 7.58. The van der Waals surface area contributed by atoms with E-state index < -0.39 is 30.6 Å². The Morgan fingerprint density at radius 2 is 1.77 bits per heavy atom. The Hall–Kier alpha value is -3.43. The number of carbonyl (C=O) groups is 3. The number of fused-ring (bicyclic) bond motifs is 1. The van der Waals surface area contributed by atoms with Gasteiger partial charge < -0.3 is 30.7 Å². The first kappa shape index (κ1) is 31.1. The van der Waals surface area contributed by atoms with Crippen LogP contribution in [-0.2, 0) is 27.2 Å². The van der Waals surface area contributed by atoms with Gasteiger partial charge in [-0.3, -0.25) is 14.4 Å². The minimum Gasteiger partial charge on any atom is -0.492 e. The molecule has 0 fully saturated rings. The molecule has 0 saturated carbocycles. The summed E-state index contributed by atoms with van der Waals surface area (Å²) in [6, 6.07) is 13.0. The lowest BCUT2D eigenvalue weighted by Crippen LogP contribution is -2.59. The fourth-order valence-electron chi connectivity index (χ4n) is 4.80. The molecule has 4 N–H and O–H groups in total. The third-order valence-electron chi connectivity index (χ3n) is 7.58. The summed E-state index contributed by atoms with van der Waals surface area (Å²) in [5, 5.41) is 19.2. The number of rotatable bonds is 5. The number of hydrogen-bond acceptors (Lipinski definition) is 6. The maximum atomic E-state index is 13.6. The largest absolute Gasteiger partial charge is 0.492 e. The number of likely N-dealkylation sites (N-methyl/N-ethyl adjacent to an activating group) is 1. The maximum absolute atomic E-state index is 13.6. The van der Waals surface area contributed by atoms with E-state index in [1.54, 1.807) is 0 Å². The molecule has 0 bridgehead atoms. The summed E-state index contributed by atoms with van der Waals surface area (Å²) in [7, 11) is 1.51. The number of aliphatic hydroxyl groups is 1. The standard InChI is InChI=1S/C31H44N4O5/c1-5-22(3)28-31(39)35(4)26(20-36)30(38)34-25(19-23-14-12-21(2)13-15-23)29(37)33-16-8-10-24-9-6-7-11-27(24)40-18-17-32-28/h6-7,9,11-15,22,25-26,28,32,36H,5,8,10,16-20H2,1-4H3,(H,33,37)(H,34,38)/t22?,25-,26+,28+/m1/s1. The number of para-hydroxylation sites is 1. The van der Waals surface area contributed by atoms with Crippen LogP contribution < -0.4 is 20.7 Å². The van der Waals surface area contributed by atoms with Crippen LogP contribution in [0.3, 0.4) is 0 Å². The molecule has 1 aliphatic heterocycles. The minimum atomic E-state index is -1.14. The summed E-state index contributed by atoms with van der Waals surface area (Å²) in [6.07, 6.45) is 2.43. The van der Waals surface area contributed by atoms with Gasteiger partial charge in [-0.1, -0.05) is 68.3 Å². The van der Waals surface area contributed by atoms with Gasteiger partial charge in [0.05, 0.1) is 12.6 Å². The first-order valence-corrected chi connectivity index (χ1v) is 14.2. The lowest BCUT2D eigenvalue weighted by molar-refractivity contribution is -0.143. The molecule has 1 unspecified atom stereocenters. The fourth-order valence-corrected chi connectivity index (χ4v) is 4.80. The quantitative estimate of drug-likeness (QED) is 0.451. The molecule has 0 aromatic heterocycles. The van der Waals surface area contributed by atoms with Crippen LogP contribution in [0.5, 0.6) is 5.75 Å². The molecule has 2 aromatic carbocycles. The van der Waals surface area contributed by atoms with Crippen molar-refractivity contribution in [3.05, 3.63) is 65.2 Å². The maximum Gasteiger partial charge on any atom is 0.245 e. The van der Waals surface area contributed by atoms with Gasteiger partial charge in [0.2, 0.25) is 17.7 Å². The molecule has 40 heavy (non-hydrogen) atoms. The first-order valence-electron chi connectivity index (χ1n) is 14.2. The van der Waals surface area contributed by atoms with Crippen LogP contribution in [0.2, 0.25) is 0 Å². The number of carbonyl (C=O) groups excluding carboxylic acids is 3. The van der Waals surface area contributed by atoms with Crippen molar-refractivity contribution in [3.8, 4) is 5.75 Å². The molecule has 0 saturated heterocycles. The summed E-state index contributed by atoms with van der Waals surface area (Å²) in [6.45, 7) is 6.62. The third kappa shape index (κ3) is 8.53. The van der Waals surface area contributed by atoms with E-state index in [0.717, 1.165) is 28.9 Å². The van der Waals surface area contributed by atoms with Crippen molar-refractivity contribution in [3.63, 3.8) is 0 Å². The summed E-state index contributed by atoms with van der Waals surface area (Å²) in [5.41, 5.74) is 3.03. The minimum absolute atomic E-state index is 0.0182. The number of nitrogens with one attached hydrogen (secondary N) is 3. The Labute approximate surface area is 237 Å². The zero-order valence-corrected chi connectivity index (χ0v) is 24.1. The summed E-state index contributed by atoms with van der Waals surface area (Å²) in [5.74, 6) is -0.429. The van der Waals surface area contributed by atoms with Gasteiger partial charge in [0.25, 0.3) is 0 Å². The predicted molar refractivity (Wildman–Crippen MR) is 155 cm³/mol. The Morgan fingerprint density at radius 1 is 1.05 bits per heavy atom. The molecule has 1 aliphatic rings. The van der Waals surface area contributed by atoms with E-state index in [4.69, 9.17) is 4.74 Å². The zero-order valence-electron chi connectivity index (χ0n) is 24.1. The topological polar surface area (TPSA) is 120 Å². The molecule has 0 spiro atoms. The molecule has 218 valence electrons. The van der Waals surface area contributed by atoms with Gasteiger partial charge >= 0.3 is 0 Å². The highest BCUT2D eigenvalue weighted by molar-refractivity contribution is 5.93. The van der Waals surface area contributed by atoms with E-state index in [1.807, 2.05) is 69.3 Å². The number of aryl methyl sites for hydroxylation is 2. The normalized spacial score (nSPS) is 22.7. The Bertz CT molecular complexity index is 1120. The van der Waals surface area contributed by atoms with Crippen molar-refractivity contribution < 1.29 is 24.2 Å². The second-order valence-corrected chi connectivity index (χ2v) is 10.6. The van der Waals surface area contributed by atoms with Crippen molar-refractivity contribution in [1.29, 1.82) is 0 Å². The van der Waals surface area contributed by atoms with Crippen molar-refractivity contribution in [2.75, 3.05) is 33.4 Å². The lowest BCUT2D eigenvalue weighted by Gasteiger charge is -2.33. The van der Waals surface area contributed by atoms with Crippen LogP contribution in [-0.4, -0.2) is 79.2 Å². The monoisotopic (exact) mass is 552 g/mol. The molecule has 9 heteroatoms. The van der Waals surface area contributed by atoms with Crippen LogP contribution >= 0.6 is 0 Å². The zero-order chi connectivity index (χ0) is 29.1. The Morgan fingerprint density at radius 3 is 2.48 bits per heavy atom. The van der Waals surface area contributed by atoms with Gasteiger partial charge in [-0.2, -0.15) is 0 Å². The molecule has 3 rings (SSSR count). The number of hydrogen-bond donors (Lipinski definition) is 4. The predicted octanol–water partition coefficient (Wildman–Crippen LogP) is 1.99. The van der Waals surface area contributed by atoms with Gasteiger partial charge in [0.1, 0.15) is 24.4 Å². The molecule has 3 amide bonds. The van der Waals surface area contributed by atoms with Crippen molar-refractivity contribution in [2.24, 2.45) is 5.92 Å². The SMILES string of the molecule is CCC(C)[C@@H]1NCCOc2ccccc2CCCNC(=O)[C@@H](Cc2ccc(C)cc2)NC(=O)[C@H](CO)N(C)C1=O. The van der Waals surface area contributed by atoms with Crippen LogP contribution in [0.4, 0.5) is 0 Å². The number of aliphatic hydroxyl groups excluding tert-OH is 1. The van der Waals surface area contributed by atoms with E-state index in [9.17, 15) is 19.5 Å².